The molecule has 1 N–H and O–H groups in total. The SMILES string of the molecule is CCCCCCC(C)NC(=O)c1occc1C. The topological polar surface area (TPSA) is 42.2 Å². The average molecular weight is 237 g/mol. The summed E-state index contributed by atoms with van der Waals surface area (Å²) in [7, 11) is 0. The van der Waals surface area contributed by atoms with E-state index in [1.54, 1.807) is 12.3 Å². The number of unbranched alkanes of at least 4 members (excludes halogenated alkanes) is 3. The number of nitrogens with one attached hydrogen (secondary N) is 1. The Bertz CT molecular complexity index is 344. The van der Waals surface area contributed by atoms with Crippen LogP contribution >= 0.6 is 0 Å². The lowest BCUT2D eigenvalue weighted by Gasteiger charge is -2.12. The van der Waals surface area contributed by atoms with Gasteiger partial charge in [0.05, 0.1) is 6.26 Å². The van der Waals surface area contributed by atoms with Gasteiger partial charge in [-0.3, -0.25) is 4.79 Å². The number of aryl methyl sites for hydroxylation is 1. The van der Waals surface area contributed by atoms with E-state index in [4.69, 9.17) is 4.42 Å². The molecule has 1 heterocycles. The highest BCUT2D eigenvalue weighted by Gasteiger charge is 2.14. The molecule has 0 aliphatic rings. The van der Waals surface area contributed by atoms with Crippen LogP contribution in [0.5, 0.6) is 0 Å². The lowest BCUT2D eigenvalue weighted by molar-refractivity contribution is 0.0909. The van der Waals surface area contributed by atoms with Gasteiger partial charge in [0.25, 0.3) is 5.91 Å². The fourth-order valence-corrected chi connectivity index (χ4v) is 1.84. The first-order valence-electron chi connectivity index (χ1n) is 6.50. The van der Waals surface area contributed by atoms with Crippen molar-refractivity contribution in [3.8, 4) is 0 Å². The van der Waals surface area contributed by atoms with Gasteiger partial charge in [-0.15, -0.1) is 0 Å². The van der Waals surface area contributed by atoms with E-state index in [-0.39, 0.29) is 11.9 Å². The number of carbonyl (C=O) groups excluding carboxylic acids is 1. The van der Waals surface area contributed by atoms with Crippen LogP contribution < -0.4 is 5.32 Å². The van der Waals surface area contributed by atoms with E-state index >= 15 is 0 Å². The van der Waals surface area contributed by atoms with Crippen molar-refractivity contribution in [2.75, 3.05) is 0 Å². The maximum atomic E-state index is 11.8. The van der Waals surface area contributed by atoms with Gasteiger partial charge in [-0.25, -0.2) is 0 Å². The van der Waals surface area contributed by atoms with Gasteiger partial charge in [0.15, 0.2) is 5.76 Å². The molecule has 0 bridgehead atoms. The van der Waals surface area contributed by atoms with Crippen molar-refractivity contribution in [3.05, 3.63) is 23.7 Å². The molecule has 0 saturated carbocycles. The fraction of sp³-hybridized carbons (Fsp3) is 0.643. The molecule has 1 rings (SSSR count). The predicted molar refractivity (Wildman–Crippen MR) is 69.1 cm³/mol. The van der Waals surface area contributed by atoms with E-state index in [0.717, 1.165) is 12.0 Å². The standard InChI is InChI=1S/C14H23NO2/c1-4-5-6-7-8-12(3)15-14(16)13-11(2)9-10-17-13/h9-10,12H,4-8H2,1-3H3,(H,15,16). The van der Waals surface area contributed by atoms with E-state index in [0.29, 0.717) is 5.76 Å². The zero-order valence-corrected chi connectivity index (χ0v) is 11.1. The molecule has 1 atom stereocenters. The highest BCUT2D eigenvalue weighted by molar-refractivity contribution is 5.92. The molecule has 17 heavy (non-hydrogen) atoms. The fourth-order valence-electron chi connectivity index (χ4n) is 1.84. The Morgan fingerprint density at radius 2 is 2.18 bits per heavy atom. The van der Waals surface area contributed by atoms with Crippen LogP contribution in [-0.4, -0.2) is 11.9 Å². The van der Waals surface area contributed by atoms with E-state index in [9.17, 15) is 4.79 Å². The molecule has 0 fully saturated rings. The summed E-state index contributed by atoms with van der Waals surface area (Å²) in [6.07, 6.45) is 7.52. The molecule has 1 amide bonds. The lowest BCUT2D eigenvalue weighted by Crippen LogP contribution is -2.32. The van der Waals surface area contributed by atoms with Crippen molar-refractivity contribution < 1.29 is 9.21 Å². The number of amides is 1. The van der Waals surface area contributed by atoms with Crippen molar-refractivity contribution in [1.82, 2.24) is 5.32 Å². The summed E-state index contributed by atoms with van der Waals surface area (Å²) < 4.78 is 5.16. The number of carbonyl (C=O) groups is 1. The van der Waals surface area contributed by atoms with Gasteiger partial charge in [-0.1, -0.05) is 32.6 Å². The summed E-state index contributed by atoms with van der Waals surface area (Å²) in [6, 6.07) is 2.02. The second-order valence-electron chi connectivity index (χ2n) is 4.66. The van der Waals surface area contributed by atoms with Gasteiger partial charge in [0, 0.05) is 11.6 Å². The van der Waals surface area contributed by atoms with Gasteiger partial charge < -0.3 is 9.73 Å². The highest BCUT2D eigenvalue weighted by Crippen LogP contribution is 2.10. The van der Waals surface area contributed by atoms with Crippen molar-refractivity contribution in [3.63, 3.8) is 0 Å². The summed E-state index contributed by atoms with van der Waals surface area (Å²) in [6.45, 7) is 6.12. The Morgan fingerprint density at radius 1 is 1.41 bits per heavy atom. The maximum absolute atomic E-state index is 11.8. The van der Waals surface area contributed by atoms with E-state index in [1.807, 2.05) is 13.8 Å². The molecule has 0 aliphatic carbocycles. The monoisotopic (exact) mass is 237 g/mol. The van der Waals surface area contributed by atoms with Gasteiger partial charge in [0.2, 0.25) is 0 Å². The summed E-state index contributed by atoms with van der Waals surface area (Å²) in [4.78, 5) is 11.8. The predicted octanol–water partition coefficient (Wildman–Crippen LogP) is 3.68. The van der Waals surface area contributed by atoms with Gasteiger partial charge >= 0.3 is 0 Å². The number of hydrogen-bond acceptors (Lipinski definition) is 2. The van der Waals surface area contributed by atoms with Crippen molar-refractivity contribution in [1.29, 1.82) is 0 Å². The van der Waals surface area contributed by atoms with Gasteiger partial charge in [-0.05, 0) is 26.3 Å². The number of furan rings is 1. The van der Waals surface area contributed by atoms with Crippen LogP contribution in [0.1, 0.15) is 62.1 Å². The molecule has 0 aromatic carbocycles. The quantitative estimate of drug-likeness (QED) is 0.735. The third-order valence-corrected chi connectivity index (χ3v) is 2.94. The zero-order valence-electron chi connectivity index (χ0n) is 11.1. The zero-order chi connectivity index (χ0) is 12.7. The Labute approximate surface area is 104 Å². The highest BCUT2D eigenvalue weighted by atomic mass is 16.3. The van der Waals surface area contributed by atoms with Crippen LogP contribution in [0.25, 0.3) is 0 Å². The first-order chi connectivity index (χ1) is 8.15. The van der Waals surface area contributed by atoms with Crippen LogP contribution in [0.3, 0.4) is 0 Å². The Hall–Kier alpha value is -1.25. The third kappa shape index (κ3) is 4.63. The molecule has 3 heteroatoms. The van der Waals surface area contributed by atoms with Crippen LogP contribution in [0.15, 0.2) is 16.7 Å². The Balaban J connectivity index is 2.29. The summed E-state index contributed by atoms with van der Waals surface area (Å²) in [5, 5.41) is 2.97. The molecular formula is C14H23NO2. The van der Waals surface area contributed by atoms with Crippen molar-refractivity contribution >= 4 is 5.91 Å². The molecule has 96 valence electrons. The summed E-state index contributed by atoms with van der Waals surface area (Å²) >= 11 is 0. The largest absolute Gasteiger partial charge is 0.459 e. The second kappa shape index (κ2) is 7.15. The Kier molecular flexibility index (Phi) is 5.81. The normalized spacial score (nSPS) is 12.4. The minimum atomic E-state index is -0.101. The smallest absolute Gasteiger partial charge is 0.287 e. The molecule has 0 aliphatic heterocycles. The molecule has 3 nitrogen and oxygen atoms in total. The average Bonchev–Trinajstić information content (AvgIpc) is 2.71. The van der Waals surface area contributed by atoms with Gasteiger partial charge in [0.1, 0.15) is 0 Å². The molecule has 1 unspecified atom stereocenters. The van der Waals surface area contributed by atoms with Crippen molar-refractivity contribution in [2.24, 2.45) is 0 Å². The lowest BCUT2D eigenvalue weighted by atomic mass is 10.1. The van der Waals surface area contributed by atoms with Crippen LogP contribution in [-0.2, 0) is 0 Å². The third-order valence-electron chi connectivity index (χ3n) is 2.94. The van der Waals surface area contributed by atoms with Crippen LogP contribution in [0, 0.1) is 6.92 Å². The molecule has 1 aromatic rings. The van der Waals surface area contributed by atoms with Gasteiger partial charge in [-0.2, -0.15) is 0 Å². The molecular weight excluding hydrogens is 214 g/mol. The van der Waals surface area contributed by atoms with E-state index < -0.39 is 0 Å². The summed E-state index contributed by atoms with van der Waals surface area (Å²) in [5.41, 5.74) is 0.890. The minimum absolute atomic E-state index is 0.101. The minimum Gasteiger partial charge on any atom is -0.459 e. The molecule has 0 radical (unpaired) electrons. The number of rotatable bonds is 7. The number of hydrogen-bond donors (Lipinski definition) is 1. The first kappa shape index (κ1) is 13.8. The van der Waals surface area contributed by atoms with E-state index in [1.165, 1.54) is 25.7 Å². The van der Waals surface area contributed by atoms with E-state index in [2.05, 4.69) is 12.2 Å². The molecule has 0 spiro atoms. The molecule has 0 saturated heterocycles. The molecule has 1 aromatic heterocycles. The first-order valence-corrected chi connectivity index (χ1v) is 6.50. The Morgan fingerprint density at radius 3 is 2.76 bits per heavy atom. The van der Waals surface area contributed by atoms with Crippen molar-refractivity contribution in [2.45, 2.75) is 58.9 Å². The summed E-state index contributed by atoms with van der Waals surface area (Å²) in [5.74, 6) is 0.334. The van der Waals surface area contributed by atoms with Crippen LogP contribution in [0.4, 0.5) is 0 Å². The van der Waals surface area contributed by atoms with Crippen LogP contribution in [0.2, 0.25) is 0 Å². The second-order valence-corrected chi connectivity index (χ2v) is 4.66. The maximum Gasteiger partial charge on any atom is 0.287 e.